The van der Waals surface area contributed by atoms with Gasteiger partial charge in [-0.05, 0) is 30.2 Å². The predicted molar refractivity (Wildman–Crippen MR) is 66.8 cm³/mol. The molecule has 2 aliphatic rings. The van der Waals surface area contributed by atoms with Crippen LogP contribution in [0.25, 0.3) is 0 Å². The van der Waals surface area contributed by atoms with E-state index >= 15 is 0 Å². The van der Waals surface area contributed by atoms with E-state index in [-0.39, 0.29) is 18.9 Å². The molecule has 1 saturated heterocycles. The van der Waals surface area contributed by atoms with E-state index in [4.69, 9.17) is 19.9 Å². The zero-order chi connectivity index (χ0) is 12.5. The average molecular weight is 250 g/mol. The Morgan fingerprint density at radius 1 is 1.33 bits per heavy atom. The normalized spacial score (nSPS) is 24.0. The molecule has 5 nitrogen and oxygen atoms in total. The number of ether oxygens (including phenoxy) is 3. The van der Waals surface area contributed by atoms with Gasteiger partial charge in [-0.2, -0.15) is 0 Å². The fourth-order valence-electron chi connectivity index (χ4n) is 2.45. The lowest BCUT2D eigenvalue weighted by Gasteiger charge is -2.30. The Morgan fingerprint density at radius 3 is 2.83 bits per heavy atom. The summed E-state index contributed by atoms with van der Waals surface area (Å²) in [5.74, 6) is 1.58. The molecule has 2 unspecified atom stereocenters. The van der Waals surface area contributed by atoms with E-state index < -0.39 is 0 Å². The van der Waals surface area contributed by atoms with E-state index in [0.717, 1.165) is 35.8 Å². The Hall–Kier alpha value is -1.30. The highest BCUT2D eigenvalue weighted by atomic mass is 16.7. The van der Waals surface area contributed by atoms with Crippen LogP contribution in [0, 0.1) is 6.92 Å². The maximum atomic E-state index is 6.33. The van der Waals surface area contributed by atoms with Crippen molar-refractivity contribution in [1.29, 1.82) is 0 Å². The smallest absolute Gasteiger partial charge is 0.231 e. The minimum absolute atomic E-state index is 0.0974. The van der Waals surface area contributed by atoms with Crippen molar-refractivity contribution < 1.29 is 14.2 Å². The van der Waals surface area contributed by atoms with Crippen molar-refractivity contribution >= 4 is 0 Å². The first-order chi connectivity index (χ1) is 8.75. The van der Waals surface area contributed by atoms with Crippen LogP contribution in [0.1, 0.15) is 17.2 Å². The summed E-state index contributed by atoms with van der Waals surface area (Å²) in [6.07, 6.45) is 0. The number of rotatable bonds is 2. The molecule has 1 aromatic carbocycles. The molecular weight excluding hydrogens is 232 g/mol. The standard InChI is InChI=1S/C13H18N2O3/c1-8-4-11-12(18-7-17-11)5-9(8)13(14)10-6-16-3-2-15-10/h4-5,10,13,15H,2-3,6-7,14H2,1H3. The minimum Gasteiger partial charge on any atom is -0.454 e. The van der Waals surface area contributed by atoms with Gasteiger partial charge in [0, 0.05) is 18.6 Å². The molecule has 98 valence electrons. The summed E-state index contributed by atoms with van der Waals surface area (Å²) in [6.45, 7) is 4.58. The highest BCUT2D eigenvalue weighted by Gasteiger charge is 2.25. The summed E-state index contributed by atoms with van der Waals surface area (Å²) in [5, 5.41) is 3.39. The number of hydrogen-bond donors (Lipinski definition) is 2. The highest BCUT2D eigenvalue weighted by molar-refractivity contribution is 5.49. The Morgan fingerprint density at radius 2 is 2.11 bits per heavy atom. The van der Waals surface area contributed by atoms with Crippen molar-refractivity contribution in [3.05, 3.63) is 23.3 Å². The second-order valence-electron chi connectivity index (χ2n) is 4.72. The summed E-state index contributed by atoms with van der Waals surface area (Å²) < 4.78 is 16.2. The molecular formula is C13H18N2O3. The van der Waals surface area contributed by atoms with E-state index in [1.807, 2.05) is 19.1 Å². The molecule has 18 heavy (non-hydrogen) atoms. The van der Waals surface area contributed by atoms with E-state index in [1.165, 1.54) is 0 Å². The van der Waals surface area contributed by atoms with Crippen LogP contribution in [-0.2, 0) is 4.74 Å². The van der Waals surface area contributed by atoms with Gasteiger partial charge in [0.15, 0.2) is 11.5 Å². The third-order valence-electron chi connectivity index (χ3n) is 3.50. The zero-order valence-electron chi connectivity index (χ0n) is 10.4. The van der Waals surface area contributed by atoms with Gasteiger partial charge in [0.1, 0.15) is 0 Å². The van der Waals surface area contributed by atoms with Crippen LogP contribution in [0.2, 0.25) is 0 Å². The van der Waals surface area contributed by atoms with Gasteiger partial charge in [0.25, 0.3) is 0 Å². The molecule has 0 bridgehead atoms. The van der Waals surface area contributed by atoms with Crippen molar-refractivity contribution in [1.82, 2.24) is 5.32 Å². The van der Waals surface area contributed by atoms with Gasteiger partial charge in [-0.1, -0.05) is 0 Å². The van der Waals surface area contributed by atoms with E-state index in [0.29, 0.717) is 6.61 Å². The molecule has 1 aromatic rings. The quantitative estimate of drug-likeness (QED) is 0.809. The Labute approximate surface area is 106 Å². The lowest BCUT2D eigenvalue weighted by molar-refractivity contribution is 0.0684. The van der Waals surface area contributed by atoms with E-state index in [1.54, 1.807) is 0 Å². The van der Waals surface area contributed by atoms with Gasteiger partial charge in [0.2, 0.25) is 6.79 Å². The summed E-state index contributed by atoms with van der Waals surface area (Å²) in [4.78, 5) is 0. The molecule has 1 fully saturated rings. The van der Waals surface area contributed by atoms with Crippen LogP contribution in [0.4, 0.5) is 0 Å². The first-order valence-corrected chi connectivity index (χ1v) is 6.22. The number of morpholine rings is 1. The second-order valence-corrected chi connectivity index (χ2v) is 4.72. The monoisotopic (exact) mass is 250 g/mol. The van der Waals surface area contributed by atoms with Gasteiger partial charge < -0.3 is 25.3 Å². The number of benzene rings is 1. The summed E-state index contributed by atoms with van der Waals surface area (Å²) in [6, 6.07) is 4.03. The van der Waals surface area contributed by atoms with Crippen molar-refractivity contribution in [2.24, 2.45) is 5.73 Å². The van der Waals surface area contributed by atoms with Gasteiger partial charge in [-0.15, -0.1) is 0 Å². The maximum Gasteiger partial charge on any atom is 0.231 e. The van der Waals surface area contributed by atoms with Gasteiger partial charge in [-0.3, -0.25) is 0 Å². The zero-order valence-corrected chi connectivity index (χ0v) is 10.4. The number of fused-ring (bicyclic) bond motifs is 1. The van der Waals surface area contributed by atoms with Crippen LogP contribution < -0.4 is 20.5 Å². The Balaban J connectivity index is 1.86. The molecule has 0 aromatic heterocycles. The van der Waals surface area contributed by atoms with Gasteiger partial charge in [0.05, 0.1) is 13.2 Å². The second kappa shape index (κ2) is 4.76. The minimum atomic E-state index is -0.0974. The molecule has 0 aliphatic carbocycles. The molecule has 0 radical (unpaired) electrons. The van der Waals surface area contributed by atoms with Crippen LogP contribution >= 0.6 is 0 Å². The third-order valence-corrected chi connectivity index (χ3v) is 3.50. The molecule has 2 heterocycles. The van der Waals surface area contributed by atoms with Crippen molar-refractivity contribution in [3.8, 4) is 11.5 Å². The van der Waals surface area contributed by atoms with Crippen molar-refractivity contribution in [2.75, 3.05) is 26.6 Å². The molecule has 2 atom stereocenters. The van der Waals surface area contributed by atoms with E-state index in [2.05, 4.69) is 5.32 Å². The molecule has 0 amide bonds. The molecule has 0 saturated carbocycles. The number of nitrogens with two attached hydrogens (primary N) is 1. The summed E-state index contributed by atoms with van der Waals surface area (Å²) in [5.41, 5.74) is 8.54. The molecule has 0 spiro atoms. The van der Waals surface area contributed by atoms with Crippen molar-refractivity contribution in [2.45, 2.75) is 19.0 Å². The first-order valence-electron chi connectivity index (χ1n) is 6.22. The highest BCUT2D eigenvalue weighted by Crippen LogP contribution is 2.36. The fourth-order valence-corrected chi connectivity index (χ4v) is 2.45. The topological polar surface area (TPSA) is 65.7 Å². The average Bonchev–Trinajstić information content (AvgIpc) is 2.85. The Kier molecular flexibility index (Phi) is 3.11. The SMILES string of the molecule is Cc1cc2c(cc1C(N)C1COCCN1)OCO2. The molecule has 5 heteroatoms. The molecule has 2 aliphatic heterocycles. The fraction of sp³-hybridized carbons (Fsp3) is 0.538. The number of hydrogen-bond acceptors (Lipinski definition) is 5. The summed E-state index contributed by atoms with van der Waals surface area (Å²) in [7, 11) is 0. The van der Waals surface area contributed by atoms with Crippen LogP contribution in [-0.4, -0.2) is 32.6 Å². The molecule has 3 rings (SSSR count). The first kappa shape index (κ1) is 11.8. The predicted octanol–water partition coefficient (Wildman–Crippen LogP) is 0.712. The lowest BCUT2D eigenvalue weighted by Crippen LogP contribution is -2.47. The Bertz CT molecular complexity index is 444. The number of nitrogens with one attached hydrogen (secondary N) is 1. The molecule has 3 N–H and O–H groups in total. The maximum absolute atomic E-state index is 6.33. The van der Waals surface area contributed by atoms with E-state index in [9.17, 15) is 0 Å². The lowest BCUT2D eigenvalue weighted by atomic mass is 9.95. The van der Waals surface area contributed by atoms with Crippen LogP contribution in [0.3, 0.4) is 0 Å². The van der Waals surface area contributed by atoms with Crippen molar-refractivity contribution in [3.63, 3.8) is 0 Å². The summed E-state index contributed by atoms with van der Waals surface area (Å²) >= 11 is 0. The van der Waals surface area contributed by atoms with Gasteiger partial charge >= 0.3 is 0 Å². The largest absolute Gasteiger partial charge is 0.454 e. The van der Waals surface area contributed by atoms with Crippen LogP contribution in [0.5, 0.6) is 11.5 Å². The van der Waals surface area contributed by atoms with Gasteiger partial charge in [-0.25, -0.2) is 0 Å². The number of aryl methyl sites for hydroxylation is 1. The third kappa shape index (κ3) is 2.05. The van der Waals surface area contributed by atoms with Crippen LogP contribution in [0.15, 0.2) is 12.1 Å².